The van der Waals surface area contributed by atoms with E-state index in [1.165, 1.54) is 30.4 Å². The molecule has 0 unspecified atom stereocenters. The third kappa shape index (κ3) is 26.7. The van der Waals surface area contributed by atoms with E-state index >= 15 is 0 Å². The minimum absolute atomic E-state index is 0.0360. The monoisotopic (exact) mass is 1190 g/mol. The van der Waals surface area contributed by atoms with Gasteiger partial charge < -0.3 is 52.1 Å². The number of rotatable bonds is 48. The number of ether oxygens (including phenoxy) is 11. The van der Waals surface area contributed by atoms with Crippen molar-refractivity contribution in [2.75, 3.05) is 99.1 Å². The summed E-state index contributed by atoms with van der Waals surface area (Å²) in [6, 6.07) is 16.5. The van der Waals surface area contributed by atoms with Crippen LogP contribution in [0.2, 0.25) is 0 Å². The maximum atomic E-state index is 13.7. The van der Waals surface area contributed by atoms with Crippen molar-refractivity contribution in [3.8, 4) is 46.0 Å². The molecule has 0 spiro atoms. The van der Waals surface area contributed by atoms with Crippen LogP contribution in [-0.2, 0) is 67.5 Å². The van der Waals surface area contributed by atoms with Gasteiger partial charge in [0, 0.05) is 90.8 Å². The third-order valence-corrected chi connectivity index (χ3v) is 10.8. The smallest absolute Gasteiger partial charge is 0.336 e. The molecule has 462 valence electrons. The van der Waals surface area contributed by atoms with Crippen LogP contribution < -0.4 is 37.9 Å². The Morgan fingerprint density at radius 2 is 0.651 bits per heavy atom. The van der Waals surface area contributed by atoms with Crippen molar-refractivity contribution in [3.63, 3.8) is 0 Å². The molecular weight excluding hydrogens is 1120 g/mol. The van der Waals surface area contributed by atoms with Gasteiger partial charge in [-0.3, -0.25) is 0 Å². The van der Waals surface area contributed by atoms with Gasteiger partial charge in [0.1, 0.15) is 31.3 Å². The van der Waals surface area contributed by atoms with Crippen LogP contribution >= 0.6 is 0 Å². The zero-order chi connectivity index (χ0) is 61.8. The first-order chi connectivity index (χ1) is 42.1. The lowest BCUT2D eigenvalue weighted by Crippen LogP contribution is -2.11. The Labute approximate surface area is 500 Å². The minimum Gasteiger partial charge on any atom is -0.489 e. The van der Waals surface area contributed by atoms with Crippen molar-refractivity contribution in [1.82, 2.24) is 0 Å². The minimum atomic E-state index is -0.772. The Balaban J connectivity index is 1.60. The average Bonchev–Trinajstić information content (AvgIpc) is 2.30. The molecule has 0 radical (unpaired) electrons. The highest BCUT2D eigenvalue weighted by Gasteiger charge is 2.21. The normalized spacial score (nSPS) is 10.8. The highest BCUT2D eigenvalue weighted by Crippen LogP contribution is 2.43. The molecule has 22 nitrogen and oxygen atoms in total. The summed E-state index contributed by atoms with van der Waals surface area (Å²) in [5, 5.41) is 0.894. The second kappa shape index (κ2) is 42.7. The molecule has 0 saturated heterocycles. The molecular formula is C64H74O22. The Morgan fingerprint density at radius 1 is 0.326 bits per heavy atom. The molecule has 4 aromatic carbocycles. The number of fused-ring (bicyclic) bond motifs is 1. The highest BCUT2D eigenvalue weighted by atomic mass is 17.2. The maximum Gasteiger partial charge on any atom is 0.336 e. The van der Waals surface area contributed by atoms with E-state index in [4.69, 9.17) is 81.4 Å². The third-order valence-electron chi connectivity index (χ3n) is 10.8. The van der Waals surface area contributed by atoms with Crippen LogP contribution in [0.4, 0.5) is 0 Å². The molecule has 0 aliphatic heterocycles. The van der Waals surface area contributed by atoms with E-state index in [-0.39, 0.29) is 146 Å². The van der Waals surface area contributed by atoms with Crippen LogP contribution in [-0.4, -0.2) is 129 Å². The van der Waals surface area contributed by atoms with Crippen LogP contribution in [0.5, 0.6) is 46.0 Å². The first-order valence-electron chi connectivity index (χ1n) is 27.4. The molecule has 4 rings (SSSR count). The van der Waals surface area contributed by atoms with E-state index in [0.29, 0.717) is 59.8 Å². The van der Waals surface area contributed by atoms with Crippen LogP contribution in [0.3, 0.4) is 0 Å². The Bertz CT molecular complexity index is 2890. The number of esters is 5. The lowest BCUT2D eigenvalue weighted by molar-refractivity contribution is -0.287. The van der Waals surface area contributed by atoms with Gasteiger partial charge in [-0.15, -0.1) is 19.7 Å². The van der Waals surface area contributed by atoms with E-state index in [1.54, 1.807) is 72.8 Å². The second-order valence-corrected chi connectivity index (χ2v) is 17.3. The van der Waals surface area contributed by atoms with Gasteiger partial charge in [0.15, 0.2) is 23.0 Å². The summed E-state index contributed by atoms with van der Waals surface area (Å²) in [6.45, 7) is 23.1. The molecule has 0 fully saturated rings. The van der Waals surface area contributed by atoms with Crippen LogP contribution in [0.15, 0.2) is 149 Å². The summed E-state index contributed by atoms with van der Waals surface area (Å²) >= 11 is 0. The topological polar surface area (TPSA) is 242 Å². The lowest BCUT2D eigenvalue weighted by atomic mass is 10.1. The average molecular weight is 1200 g/mol. The number of carbonyl (C=O) groups excluding carboxylic acids is 5. The molecule has 0 heterocycles. The van der Waals surface area contributed by atoms with Crippen molar-refractivity contribution in [1.29, 1.82) is 0 Å². The molecule has 0 atom stereocenters. The van der Waals surface area contributed by atoms with Crippen molar-refractivity contribution in [2.24, 2.45) is 0 Å². The van der Waals surface area contributed by atoms with Crippen molar-refractivity contribution >= 4 is 52.8 Å². The summed E-state index contributed by atoms with van der Waals surface area (Å²) in [5.74, 6) is -1.53. The van der Waals surface area contributed by atoms with Crippen molar-refractivity contribution < 1.29 is 105 Å². The standard InChI is InChI=1S/C64H74O22/c1-7-33-79-82-45-18-37-71-55-30-26-48(61(75-41-16-39-73-57(66)11-5)64(55)78-44-20-47-84-81-35-9-3)27-31-59(68)85-52-23-13-22-51-50(52)21-14-24-53(51)86-60(69)32-28-49-25-29-54(70-36-15-38-72-56(65)10-4)63(77-42-17-40-74-58(67)12-6)62(49)76-43-19-46-83-80-34-8-2/h7-14,21-32H,1-6,15-20,33-47H2. The predicted molar refractivity (Wildman–Crippen MR) is 317 cm³/mol. The molecule has 0 amide bonds. The fourth-order valence-corrected chi connectivity index (χ4v) is 6.96. The SMILES string of the molecule is C=CCOOCCCOc1ccc(C=CC(=O)Oc2cccc3c(OC(=O)C=Cc4ccc(OCCCOC(=O)C=C)c(OCCCOC(=O)C=C)c4OCCCOOCC=C)cccc23)c(OCCCOC(=O)C=C)c1OCCCOOCC=C. The van der Waals surface area contributed by atoms with Gasteiger partial charge in [-0.2, -0.15) is 0 Å². The largest absolute Gasteiger partial charge is 0.489 e. The van der Waals surface area contributed by atoms with Crippen LogP contribution in [0, 0.1) is 0 Å². The molecule has 0 aliphatic rings. The van der Waals surface area contributed by atoms with Crippen molar-refractivity contribution in [2.45, 2.75) is 38.5 Å². The Hall–Kier alpha value is -9.03. The summed E-state index contributed by atoms with van der Waals surface area (Å²) < 4.78 is 64.3. The number of hydrogen-bond donors (Lipinski definition) is 0. The summed E-state index contributed by atoms with van der Waals surface area (Å²) in [5.41, 5.74) is 0.809. The second-order valence-electron chi connectivity index (χ2n) is 17.3. The van der Waals surface area contributed by atoms with Gasteiger partial charge in [-0.05, 0) is 48.6 Å². The Morgan fingerprint density at radius 3 is 0.988 bits per heavy atom. The first kappa shape index (κ1) is 69.5. The van der Waals surface area contributed by atoms with Gasteiger partial charge >= 0.3 is 29.8 Å². The van der Waals surface area contributed by atoms with Gasteiger partial charge in [0.2, 0.25) is 11.5 Å². The molecule has 0 aliphatic carbocycles. The maximum absolute atomic E-state index is 13.7. The molecule has 22 heteroatoms. The van der Waals surface area contributed by atoms with Gasteiger partial charge in [0.25, 0.3) is 0 Å². The van der Waals surface area contributed by atoms with Gasteiger partial charge in [0.05, 0.1) is 79.3 Å². The predicted octanol–water partition coefficient (Wildman–Crippen LogP) is 10.3. The van der Waals surface area contributed by atoms with Gasteiger partial charge in [-0.25, -0.2) is 53.3 Å². The lowest BCUT2D eigenvalue weighted by Gasteiger charge is -2.19. The van der Waals surface area contributed by atoms with E-state index in [2.05, 4.69) is 39.5 Å². The fraction of sp³-hybridized carbons (Fsp3) is 0.328. The molecule has 4 aromatic rings. The van der Waals surface area contributed by atoms with E-state index < -0.39 is 29.8 Å². The molecule has 0 saturated carbocycles. The number of hydrogen-bond acceptors (Lipinski definition) is 22. The fourth-order valence-electron chi connectivity index (χ4n) is 6.96. The molecule has 0 aromatic heterocycles. The first-order valence-corrected chi connectivity index (χ1v) is 27.4. The Kier molecular flexibility index (Phi) is 34.5. The number of benzene rings is 4. The van der Waals surface area contributed by atoms with E-state index in [0.717, 1.165) is 18.2 Å². The van der Waals surface area contributed by atoms with Gasteiger partial charge in [-0.1, -0.05) is 62.2 Å². The summed E-state index contributed by atoms with van der Waals surface area (Å²) in [4.78, 5) is 92.9. The summed E-state index contributed by atoms with van der Waals surface area (Å²) in [6.07, 6.45) is 15.4. The molecule has 86 heavy (non-hydrogen) atoms. The highest BCUT2D eigenvalue weighted by molar-refractivity contribution is 5.99. The quantitative estimate of drug-likeness (QED) is 0.00583. The number of carbonyl (C=O) groups is 5. The molecule has 0 N–H and O–H groups in total. The zero-order valence-electron chi connectivity index (χ0n) is 48.1. The van der Waals surface area contributed by atoms with E-state index in [1.807, 2.05) is 0 Å². The molecule has 0 bridgehead atoms. The van der Waals surface area contributed by atoms with Crippen molar-refractivity contribution in [3.05, 3.63) is 160 Å². The summed E-state index contributed by atoms with van der Waals surface area (Å²) in [7, 11) is 0. The van der Waals surface area contributed by atoms with Crippen LogP contribution in [0.1, 0.15) is 49.7 Å². The van der Waals surface area contributed by atoms with E-state index in [9.17, 15) is 24.0 Å². The van der Waals surface area contributed by atoms with Crippen LogP contribution in [0.25, 0.3) is 22.9 Å². The zero-order valence-corrected chi connectivity index (χ0v) is 48.1.